The summed E-state index contributed by atoms with van der Waals surface area (Å²) in [5.74, 6) is 1.62. The molecule has 5 nitrogen and oxygen atoms in total. The van der Waals surface area contributed by atoms with Crippen molar-refractivity contribution in [2.24, 2.45) is 10.4 Å². The fourth-order valence-corrected chi connectivity index (χ4v) is 2.69. The molecule has 2 rings (SSSR count). The number of halogens is 1. The van der Waals surface area contributed by atoms with E-state index in [4.69, 9.17) is 4.74 Å². The van der Waals surface area contributed by atoms with Crippen LogP contribution in [-0.2, 0) is 6.54 Å². The Morgan fingerprint density at radius 3 is 2.61 bits per heavy atom. The summed E-state index contributed by atoms with van der Waals surface area (Å²) in [6.07, 6.45) is 1.75. The number of guanidine groups is 1. The van der Waals surface area contributed by atoms with E-state index in [1.54, 1.807) is 6.20 Å². The number of nitrogens with zero attached hydrogens (tertiary/aromatic N) is 3. The maximum atomic E-state index is 5.57. The second-order valence-electron chi connectivity index (χ2n) is 6.83. The van der Waals surface area contributed by atoms with E-state index in [2.05, 4.69) is 47.9 Å². The quantitative estimate of drug-likeness (QED) is 0.451. The Labute approximate surface area is 156 Å². The highest BCUT2D eigenvalue weighted by Crippen LogP contribution is 2.46. The minimum Gasteiger partial charge on any atom is -0.478 e. The van der Waals surface area contributed by atoms with Gasteiger partial charge in [0.05, 0.1) is 6.61 Å². The molecule has 0 unspecified atom stereocenters. The number of nitrogens with one attached hydrogen (secondary N) is 1. The molecular weight excluding hydrogens is 403 g/mol. The highest BCUT2D eigenvalue weighted by atomic mass is 127. The number of hydrogen-bond donors (Lipinski definition) is 1. The minimum atomic E-state index is 0. The summed E-state index contributed by atoms with van der Waals surface area (Å²) in [6.45, 7) is 13.4. The van der Waals surface area contributed by atoms with Gasteiger partial charge in [0.15, 0.2) is 5.96 Å². The first kappa shape index (κ1) is 20.0. The van der Waals surface area contributed by atoms with E-state index in [0.29, 0.717) is 19.0 Å². The lowest BCUT2D eigenvalue weighted by atomic mass is 9.65. The summed E-state index contributed by atoms with van der Waals surface area (Å²) in [7, 11) is 1.83. The molecule has 23 heavy (non-hydrogen) atoms. The fourth-order valence-electron chi connectivity index (χ4n) is 2.69. The van der Waals surface area contributed by atoms with Crippen molar-refractivity contribution in [3.63, 3.8) is 0 Å². The summed E-state index contributed by atoms with van der Waals surface area (Å²) in [6, 6.07) is 3.96. The highest BCUT2D eigenvalue weighted by molar-refractivity contribution is 14.0. The molecule has 0 aromatic carbocycles. The Kier molecular flexibility index (Phi) is 6.68. The lowest BCUT2D eigenvalue weighted by Crippen LogP contribution is -2.72. The normalized spacial score (nSPS) is 18.7. The van der Waals surface area contributed by atoms with Crippen LogP contribution in [0.15, 0.2) is 23.3 Å². The van der Waals surface area contributed by atoms with Crippen molar-refractivity contribution in [3.8, 4) is 5.88 Å². The first-order valence-corrected chi connectivity index (χ1v) is 7.88. The van der Waals surface area contributed by atoms with Crippen LogP contribution in [-0.4, -0.2) is 41.6 Å². The van der Waals surface area contributed by atoms with Crippen LogP contribution in [0.25, 0.3) is 0 Å². The Balaban J connectivity index is 0.00000264. The summed E-state index contributed by atoms with van der Waals surface area (Å²) in [5, 5.41) is 3.44. The number of hydrogen-bond acceptors (Lipinski definition) is 3. The maximum Gasteiger partial charge on any atom is 0.218 e. The second kappa shape index (κ2) is 7.68. The Morgan fingerprint density at radius 2 is 2.09 bits per heavy atom. The van der Waals surface area contributed by atoms with Gasteiger partial charge in [-0.05, 0) is 26.8 Å². The number of rotatable bonds is 4. The van der Waals surface area contributed by atoms with E-state index >= 15 is 0 Å². The molecule has 0 bridgehead atoms. The SMILES string of the molecule is CCOc1ncccc1CNC(=NC)N1CC(C)(C)C1(C)C.I. The summed E-state index contributed by atoms with van der Waals surface area (Å²) in [5.41, 5.74) is 1.42. The van der Waals surface area contributed by atoms with Gasteiger partial charge in [-0.15, -0.1) is 24.0 Å². The first-order valence-electron chi connectivity index (χ1n) is 7.88. The zero-order chi connectivity index (χ0) is 16.4. The van der Waals surface area contributed by atoms with Crippen molar-refractivity contribution in [2.75, 3.05) is 20.2 Å². The summed E-state index contributed by atoms with van der Waals surface area (Å²) >= 11 is 0. The van der Waals surface area contributed by atoms with Crippen LogP contribution in [0.5, 0.6) is 5.88 Å². The third kappa shape index (κ3) is 3.89. The lowest BCUT2D eigenvalue weighted by Gasteiger charge is -2.62. The number of ether oxygens (including phenoxy) is 1. The number of aliphatic imine (C=N–C) groups is 1. The average molecular weight is 432 g/mol. The Hall–Kier alpha value is -1.05. The zero-order valence-electron chi connectivity index (χ0n) is 15.0. The van der Waals surface area contributed by atoms with Crippen LogP contribution < -0.4 is 10.1 Å². The van der Waals surface area contributed by atoms with Gasteiger partial charge in [-0.2, -0.15) is 0 Å². The molecule has 6 heteroatoms. The van der Waals surface area contributed by atoms with Gasteiger partial charge in [0, 0.05) is 42.9 Å². The van der Waals surface area contributed by atoms with Gasteiger partial charge in [-0.25, -0.2) is 4.98 Å². The molecule has 0 amide bonds. The van der Waals surface area contributed by atoms with Crippen molar-refractivity contribution < 1.29 is 4.74 Å². The molecule has 1 aromatic rings. The van der Waals surface area contributed by atoms with Gasteiger partial charge < -0.3 is 15.0 Å². The third-order valence-electron chi connectivity index (χ3n) is 4.92. The molecule has 0 aliphatic carbocycles. The molecule has 1 saturated heterocycles. The van der Waals surface area contributed by atoms with Crippen LogP contribution in [0.1, 0.15) is 40.2 Å². The molecule has 0 spiro atoms. The lowest BCUT2D eigenvalue weighted by molar-refractivity contribution is -0.0668. The predicted molar refractivity (Wildman–Crippen MR) is 106 cm³/mol. The van der Waals surface area contributed by atoms with Crippen LogP contribution in [0, 0.1) is 5.41 Å². The number of aromatic nitrogens is 1. The largest absolute Gasteiger partial charge is 0.478 e. The molecule has 1 fully saturated rings. The molecule has 130 valence electrons. The van der Waals surface area contributed by atoms with E-state index in [0.717, 1.165) is 18.1 Å². The van der Waals surface area contributed by atoms with Gasteiger partial charge in [0.1, 0.15) is 0 Å². The number of pyridine rings is 1. The molecule has 1 N–H and O–H groups in total. The standard InChI is InChI=1S/C17H28N4O.HI/c1-7-22-14-13(9-8-10-19-14)11-20-15(18-6)21-12-16(2,3)17(21,4)5;/h8-10H,7,11-12H2,1-6H3,(H,18,20);1H. The van der Waals surface area contributed by atoms with Crippen LogP contribution >= 0.6 is 24.0 Å². The van der Waals surface area contributed by atoms with E-state index in [1.165, 1.54) is 0 Å². The monoisotopic (exact) mass is 432 g/mol. The topological polar surface area (TPSA) is 49.8 Å². The van der Waals surface area contributed by atoms with Crippen molar-refractivity contribution >= 4 is 29.9 Å². The second-order valence-corrected chi connectivity index (χ2v) is 6.83. The first-order chi connectivity index (χ1) is 10.3. The molecule has 1 aliphatic rings. The molecule has 0 atom stereocenters. The molecule has 1 aliphatic heterocycles. The third-order valence-corrected chi connectivity index (χ3v) is 4.92. The van der Waals surface area contributed by atoms with Crippen LogP contribution in [0.3, 0.4) is 0 Å². The highest BCUT2D eigenvalue weighted by Gasteiger charge is 2.53. The predicted octanol–water partition coefficient (Wildman–Crippen LogP) is 3.29. The Bertz CT molecular complexity index is 557. The van der Waals surface area contributed by atoms with Crippen molar-refractivity contribution in [2.45, 2.75) is 46.7 Å². The number of likely N-dealkylation sites (tertiary alicyclic amines) is 1. The van der Waals surface area contributed by atoms with E-state index in [9.17, 15) is 0 Å². The van der Waals surface area contributed by atoms with Crippen molar-refractivity contribution in [1.29, 1.82) is 0 Å². The maximum absolute atomic E-state index is 5.57. The molecule has 0 saturated carbocycles. The average Bonchev–Trinajstić information content (AvgIpc) is 2.48. The Morgan fingerprint density at radius 1 is 1.39 bits per heavy atom. The fraction of sp³-hybridized carbons (Fsp3) is 0.647. The van der Waals surface area contributed by atoms with E-state index in [-0.39, 0.29) is 34.9 Å². The van der Waals surface area contributed by atoms with Crippen molar-refractivity contribution in [3.05, 3.63) is 23.9 Å². The minimum absolute atomic E-state index is 0. The van der Waals surface area contributed by atoms with E-state index < -0.39 is 0 Å². The summed E-state index contributed by atoms with van der Waals surface area (Å²) < 4.78 is 5.57. The van der Waals surface area contributed by atoms with Gasteiger partial charge in [-0.3, -0.25) is 4.99 Å². The molecule has 0 radical (unpaired) electrons. The van der Waals surface area contributed by atoms with Crippen LogP contribution in [0.2, 0.25) is 0 Å². The van der Waals surface area contributed by atoms with Gasteiger partial charge in [0.25, 0.3) is 0 Å². The molecule has 2 heterocycles. The van der Waals surface area contributed by atoms with E-state index in [1.807, 2.05) is 26.1 Å². The van der Waals surface area contributed by atoms with Gasteiger partial charge in [-0.1, -0.05) is 19.9 Å². The van der Waals surface area contributed by atoms with Crippen molar-refractivity contribution in [1.82, 2.24) is 15.2 Å². The van der Waals surface area contributed by atoms with Gasteiger partial charge >= 0.3 is 0 Å². The zero-order valence-corrected chi connectivity index (χ0v) is 17.3. The molecular formula is C17H29IN4O. The summed E-state index contributed by atoms with van der Waals surface area (Å²) in [4.78, 5) is 11.0. The van der Waals surface area contributed by atoms with Gasteiger partial charge in [0.2, 0.25) is 5.88 Å². The smallest absolute Gasteiger partial charge is 0.218 e. The van der Waals surface area contributed by atoms with Crippen LogP contribution in [0.4, 0.5) is 0 Å². The molecule has 1 aromatic heterocycles.